The third-order valence-corrected chi connectivity index (χ3v) is 3.46. The molecular weight excluding hydrogens is 262 g/mol. The zero-order chi connectivity index (χ0) is 12.0. The first kappa shape index (κ1) is 13.7. The lowest BCUT2D eigenvalue weighted by Gasteiger charge is -2.21. The van der Waals surface area contributed by atoms with Gasteiger partial charge in [-0.15, -0.1) is 0 Å². The van der Waals surface area contributed by atoms with Crippen molar-refractivity contribution in [1.82, 2.24) is 5.32 Å². The van der Waals surface area contributed by atoms with Gasteiger partial charge in [0.2, 0.25) is 0 Å². The van der Waals surface area contributed by atoms with Crippen LogP contribution in [0.4, 0.5) is 0 Å². The van der Waals surface area contributed by atoms with Gasteiger partial charge in [-0.05, 0) is 43.0 Å². The normalized spacial score (nSPS) is 13.1. The van der Waals surface area contributed by atoms with Crippen molar-refractivity contribution in [2.24, 2.45) is 5.92 Å². The molecule has 16 heavy (non-hydrogen) atoms. The molecule has 1 rings (SSSR count). The topological polar surface area (TPSA) is 12.0 Å². The number of nitrogens with one attached hydrogen (secondary N) is 1. The smallest absolute Gasteiger partial charge is 0.0175 e. The van der Waals surface area contributed by atoms with Gasteiger partial charge in [-0.25, -0.2) is 0 Å². The van der Waals surface area contributed by atoms with Gasteiger partial charge in [0.05, 0.1) is 0 Å². The molecule has 0 amide bonds. The van der Waals surface area contributed by atoms with Crippen LogP contribution in [0.15, 0.2) is 28.7 Å². The lowest BCUT2D eigenvalue weighted by atomic mass is 9.97. The summed E-state index contributed by atoms with van der Waals surface area (Å²) in [5, 5.41) is 3.55. The van der Waals surface area contributed by atoms with Gasteiger partial charge >= 0.3 is 0 Å². The lowest BCUT2D eigenvalue weighted by molar-refractivity contribution is 0.385. The zero-order valence-electron chi connectivity index (χ0n) is 10.5. The van der Waals surface area contributed by atoms with E-state index in [1.54, 1.807) is 0 Å². The van der Waals surface area contributed by atoms with Gasteiger partial charge in [-0.2, -0.15) is 0 Å². The zero-order valence-corrected chi connectivity index (χ0v) is 12.0. The molecule has 0 saturated heterocycles. The van der Waals surface area contributed by atoms with Gasteiger partial charge in [-0.3, -0.25) is 0 Å². The van der Waals surface area contributed by atoms with E-state index in [2.05, 4.69) is 66.3 Å². The molecule has 1 unspecified atom stereocenters. The maximum atomic E-state index is 3.55. The molecule has 0 radical (unpaired) electrons. The molecule has 0 saturated carbocycles. The Morgan fingerprint density at radius 1 is 1.19 bits per heavy atom. The average Bonchev–Trinajstić information content (AvgIpc) is 2.26. The van der Waals surface area contributed by atoms with Crippen molar-refractivity contribution in [3.05, 3.63) is 34.3 Å². The van der Waals surface area contributed by atoms with E-state index in [1.807, 2.05) is 0 Å². The van der Waals surface area contributed by atoms with Crippen molar-refractivity contribution in [3.63, 3.8) is 0 Å². The van der Waals surface area contributed by atoms with Crippen LogP contribution in [0.1, 0.15) is 32.8 Å². The molecule has 1 nitrogen and oxygen atoms in total. The summed E-state index contributed by atoms with van der Waals surface area (Å²) in [5.41, 5.74) is 1.42. The molecule has 2 heteroatoms. The Morgan fingerprint density at radius 3 is 2.31 bits per heavy atom. The molecular formula is C14H22BrN. The maximum Gasteiger partial charge on any atom is 0.0175 e. The Morgan fingerprint density at radius 2 is 1.81 bits per heavy atom. The first-order chi connectivity index (χ1) is 7.63. The summed E-state index contributed by atoms with van der Waals surface area (Å²) in [6.07, 6.45) is 2.37. The van der Waals surface area contributed by atoms with Crippen molar-refractivity contribution in [3.8, 4) is 0 Å². The summed E-state index contributed by atoms with van der Waals surface area (Å²) in [4.78, 5) is 0. The van der Waals surface area contributed by atoms with E-state index in [0.717, 1.165) is 17.4 Å². The lowest BCUT2D eigenvalue weighted by Crippen LogP contribution is -2.34. The van der Waals surface area contributed by atoms with Crippen molar-refractivity contribution >= 4 is 15.9 Å². The third-order valence-electron chi connectivity index (χ3n) is 2.93. The van der Waals surface area contributed by atoms with Crippen molar-refractivity contribution in [1.29, 1.82) is 0 Å². The highest BCUT2D eigenvalue weighted by Gasteiger charge is 2.11. The first-order valence-electron chi connectivity index (χ1n) is 6.11. The predicted octanol–water partition coefficient (Wildman–Crippen LogP) is 4.02. The van der Waals surface area contributed by atoms with E-state index in [9.17, 15) is 0 Å². The van der Waals surface area contributed by atoms with Gasteiger partial charge in [0, 0.05) is 10.5 Å². The third kappa shape index (κ3) is 4.67. The van der Waals surface area contributed by atoms with Crippen LogP contribution in [-0.2, 0) is 6.42 Å². The largest absolute Gasteiger partial charge is 0.314 e. The van der Waals surface area contributed by atoms with E-state index >= 15 is 0 Å². The number of hydrogen-bond donors (Lipinski definition) is 1. The molecule has 0 aliphatic heterocycles. The summed E-state index contributed by atoms with van der Waals surface area (Å²) in [6.45, 7) is 7.81. The van der Waals surface area contributed by atoms with Crippen molar-refractivity contribution < 1.29 is 0 Å². The molecule has 0 spiro atoms. The van der Waals surface area contributed by atoms with Crippen LogP contribution in [0.25, 0.3) is 0 Å². The molecule has 1 aromatic carbocycles. The fourth-order valence-electron chi connectivity index (χ4n) is 1.91. The summed E-state index contributed by atoms with van der Waals surface area (Å²) in [5.74, 6) is 0.704. The van der Waals surface area contributed by atoms with Crippen LogP contribution < -0.4 is 5.32 Å². The minimum atomic E-state index is 0.633. The van der Waals surface area contributed by atoms with E-state index in [-0.39, 0.29) is 0 Å². The molecule has 1 aromatic rings. The van der Waals surface area contributed by atoms with Gasteiger partial charge in [0.15, 0.2) is 0 Å². The second-order valence-corrected chi connectivity index (χ2v) is 5.49. The summed E-state index contributed by atoms with van der Waals surface area (Å²) in [7, 11) is 0. The number of benzene rings is 1. The van der Waals surface area contributed by atoms with Crippen LogP contribution >= 0.6 is 15.9 Å². The Balaban J connectivity index is 2.45. The molecule has 0 aliphatic carbocycles. The van der Waals surface area contributed by atoms with E-state index in [0.29, 0.717) is 12.0 Å². The highest BCUT2D eigenvalue weighted by atomic mass is 79.9. The monoisotopic (exact) mass is 283 g/mol. The molecule has 0 aliphatic rings. The number of aryl methyl sites for hydroxylation is 1. The van der Waals surface area contributed by atoms with Crippen molar-refractivity contribution in [2.75, 3.05) is 6.54 Å². The molecule has 1 atom stereocenters. The SMILES string of the molecule is CCNC(CCc1ccc(Br)cc1)C(C)C. The molecule has 90 valence electrons. The van der Waals surface area contributed by atoms with Crippen LogP contribution in [0.5, 0.6) is 0 Å². The molecule has 0 heterocycles. The molecule has 0 fully saturated rings. The Labute approximate surface area is 108 Å². The fraction of sp³-hybridized carbons (Fsp3) is 0.571. The van der Waals surface area contributed by atoms with Crippen molar-refractivity contribution in [2.45, 2.75) is 39.7 Å². The summed E-state index contributed by atoms with van der Waals surface area (Å²) in [6, 6.07) is 9.27. The highest BCUT2D eigenvalue weighted by molar-refractivity contribution is 9.10. The number of halogens is 1. The first-order valence-corrected chi connectivity index (χ1v) is 6.90. The van der Waals surface area contributed by atoms with E-state index in [1.165, 1.54) is 12.0 Å². The summed E-state index contributed by atoms with van der Waals surface area (Å²) >= 11 is 3.46. The average molecular weight is 284 g/mol. The Hall–Kier alpha value is -0.340. The van der Waals surface area contributed by atoms with Crippen LogP contribution in [0.3, 0.4) is 0 Å². The quantitative estimate of drug-likeness (QED) is 0.832. The van der Waals surface area contributed by atoms with E-state index in [4.69, 9.17) is 0 Å². The predicted molar refractivity (Wildman–Crippen MR) is 74.8 cm³/mol. The molecule has 0 aromatic heterocycles. The summed E-state index contributed by atoms with van der Waals surface area (Å²) < 4.78 is 1.16. The number of hydrogen-bond acceptors (Lipinski definition) is 1. The van der Waals surface area contributed by atoms with Crippen LogP contribution in [0, 0.1) is 5.92 Å². The number of rotatable bonds is 6. The fourth-order valence-corrected chi connectivity index (χ4v) is 2.17. The second-order valence-electron chi connectivity index (χ2n) is 4.57. The van der Waals surface area contributed by atoms with E-state index < -0.39 is 0 Å². The maximum absolute atomic E-state index is 3.55. The second kappa shape index (κ2) is 7.08. The van der Waals surface area contributed by atoms with Gasteiger partial charge in [0.25, 0.3) is 0 Å². The Bertz CT molecular complexity index is 292. The van der Waals surface area contributed by atoms with Gasteiger partial charge in [-0.1, -0.05) is 48.8 Å². The van der Waals surface area contributed by atoms with Gasteiger partial charge < -0.3 is 5.32 Å². The minimum absolute atomic E-state index is 0.633. The highest BCUT2D eigenvalue weighted by Crippen LogP contribution is 2.14. The van der Waals surface area contributed by atoms with Crippen LogP contribution in [0.2, 0.25) is 0 Å². The van der Waals surface area contributed by atoms with Crippen LogP contribution in [-0.4, -0.2) is 12.6 Å². The molecule has 1 N–H and O–H groups in total. The van der Waals surface area contributed by atoms with Gasteiger partial charge in [0.1, 0.15) is 0 Å². The Kier molecular flexibility index (Phi) is 6.07. The minimum Gasteiger partial charge on any atom is -0.314 e. The standard InChI is InChI=1S/C14H22BrN/c1-4-16-14(11(2)3)10-7-12-5-8-13(15)9-6-12/h5-6,8-9,11,14,16H,4,7,10H2,1-3H3. The molecule has 0 bridgehead atoms.